The molecule has 0 unspecified atom stereocenters. The Labute approximate surface area is 94.3 Å². The third-order valence-corrected chi connectivity index (χ3v) is 2.78. The number of aryl methyl sites for hydroxylation is 1. The number of benzene rings is 1. The molecule has 0 saturated heterocycles. The van der Waals surface area contributed by atoms with E-state index in [-0.39, 0.29) is 6.10 Å². The van der Waals surface area contributed by atoms with Crippen LogP contribution in [0.1, 0.15) is 31.7 Å². The molecule has 14 heavy (non-hydrogen) atoms. The maximum atomic E-state index is 9.08. The minimum Gasteiger partial charge on any atom is -0.393 e. The van der Waals surface area contributed by atoms with Gasteiger partial charge >= 0.3 is 0 Å². The van der Waals surface area contributed by atoms with Crippen molar-refractivity contribution in [3.8, 4) is 0 Å². The number of aliphatic hydroxyl groups is 1. The third kappa shape index (κ3) is 4.77. The first-order chi connectivity index (χ1) is 6.68. The largest absolute Gasteiger partial charge is 0.393 e. The van der Waals surface area contributed by atoms with Crippen LogP contribution in [-0.4, -0.2) is 11.2 Å². The van der Waals surface area contributed by atoms with E-state index in [1.165, 1.54) is 5.56 Å². The fourth-order valence-corrected chi connectivity index (χ4v) is 1.68. The fourth-order valence-electron chi connectivity index (χ4n) is 1.42. The van der Waals surface area contributed by atoms with Crippen LogP contribution in [0.5, 0.6) is 0 Å². The van der Waals surface area contributed by atoms with Crippen LogP contribution in [0, 0.1) is 0 Å². The van der Waals surface area contributed by atoms with E-state index in [9.17, 15) is 0 Å². The Bertz CT molecular complexity index is 254. The molecule has 1 nitrogen and oxygen atoms in total. The second-order valence-corrected chi connectivity index (χ2v) is 4.64. The van der Waals surface area contributed by atoms with Gasteiger partial charge in [0, 0.05) is 4.47 Å². The quantitative estimate of drug-likeness (QED) is 0.800. The van der Waals surface area contributed by atoms with Crippen molar-refractivity contribution >= 4 is 15.9 Å². The van der Waals surface area contributed by atoms with Crippen molar-refractivity contribution in [2.75, 3.05) is 0 Å². The van der Waals surface area contributed by atoms with Gasteiger partial charge in [-0.3, -0.25) is 0 Å². The number of halogens is 1. The molecule has 0 amide bonds. The van der Waals surface area contributed by atoms with E-state index < -0.39 is 0 Å². The van der Waals surface area contributed by atoms with Gasteiger partial charge in [-0.15, -0.1) is 0 Å². The SMILES string of the molecule is C[C@@H](O)CCCCc1ccc(Br)cc1. The molecule has 0 bridgehead atoms. The predicted octanol–water partition coefficient (Wildman–Crippen LogP) is 3.54. The molecular formula is C12H17BrO. The van der Waals surface area contributed by atoms with Crippen LogP contribution in [0.3, 0.4) is 0 Å². The molecule has 0 radical (unpaired) electrons. The van der Waals surface area contributed by atoms with Crippen LogP contribution in [0.15, 0.2) is 28.7 Å². The maximum absolute atomic E-state index is 9.08. The zero-order valence-corrected chi connectivity index (χ0v) is 10.1. The number of rotatable bonds is 5. The Morgan fingerprint density at radius 2 is 1.86 bits per heavy atom. The Balaban J connectivity index is 2.21. The molecule has 0 spiro atoms. The smallest absolute Gasteiger partial charge is 0.0512 e. The van der Waals surface area contributed by atoms with Crippen LogP contribution in [0.4, 0.5) is 0 Å². The minimum absolute atomic E-state index is 0.153. The van der Waals surface area contributed by atoms with Crippen molar-refractivity contribution in [3.05, 3.63) is 34.3 Å². The highest BCUT2D eigenvalue weighted by atomic mass is 79.9. The lowest BCUT2D eigenvalue weighted by molar-refractivity contribution is 0.180. The summed E-state index contributed by atoms with van der Waals surface area (Å²) in [6.45, 7) is 1.85. The van der Waals surface area contributed by atoms with Crippen LogP contribution < -0.4 is 0 Å². The summed E-state index contributed by atoms with van der Waals surface area (Å²) >= 11 is 3.41. The summed E-state index contributed by atoms with van der Waals surface area (Å²) < 4.78 is 1.13. The van der Waals surface area contributed by atoms with Crippen LogP contribution >= 0.6 is 15.9 Å². The van der Waals surface area contributed by atoms with Gasteiger partial charge in [-0.05, 0) is 43.9 Å². The van der Waals surface area contributed by atoms with Crippen molar-refractivity contribution in [3.63, 3.8) is 0 Å². The molecule has 1 rings (SSSR count). The first kappa shape index (κ1) is 11.7. The molecular weight excluding hydrogens is 240 g/mol. The Morgan fingerprint density at radius 1 is 1.21 bits per heavy atom. The van der Waals surface area contributed by atoms with Crippen LogP contribution in [0.2, 0.25) is 0 Å². The molecule has 1 aromatic rings. The van der Waals surface area contributed by atoms with Gasteiger partial charge in [0.25, 0.3) is 0 Å². The normalized spacial score (nSPS) is 12.8. The van der Waals surface area contributed by atoms with Gasteiger partial charge in [-0.1, -0.05) is 34.5 Å². The van der Waals surface area contributed by atoms with Crippen molar-refractivity contribution < 1.29 is 5.11 Å². The third-order valence-electron chi connectivity index (χ3n) is 2.25. The molecule has 1 atom stereocenters. The van der Waals surface area contributed by atoms with Crippen LogP contribution in [-0.2, 0) is 6.42 Å². The fraction of sp³-hybridized carbons (Fsp3) is 0.500. The summed E-state index contributed by atoms with van der Waals surface area (Å²) in [5.41, 5.74) is 1.37. The summed E-state index contributed by atoms with van der Waals surface area (Å²) in [6, 6.07) is 8.44. The number of hydrogen-bond donors (Lipinski definition) is 1. The van der Waals surface area contributed by atoms with Crippen molar-refractivity contribution in [1.82, 2.24) is 0 Å². The lowest BCUT2D eigenvalue weighted by Crippen LogP contribution is -1.98. The monoisotopic (exact) mass is 256 g/mol. The molecule has 0 aliphatic rings. The van der Waals surface area contributed by atoms with Crippen LogP contribution in [0.25, 0.3) is 0 Å². The molecule has 0 saturated carbocycles. The Morgan fingerprint density at radius 3 is 2.43 bits per heavy atom. The van der Waals surface area contributed by atoms with Gasteiger partial charge in [-0.25, -0.2) is 0 Å². The molecule has 1 N–H and O–H groups in total. The topological polar surface area (TPSA) is 20.2 Å². The van der Waals surface area contributed by atoms with E-state index in [2.05, 4.69) is 40.2 Å². The minimum atomic E-state index is -0.153. The molecule has 78 valence electrons. The van der Waals surface area contributed by atoms with Crippen molar-refractivity contribution in [2.24, 2.45) is 0 Å². The van der Waals surface area contributed by atoms with E-state index in [1.54, 1.807) is 0 Å². The Kier molecular flexibility index (Phi) is 5.20. The maximum Gasteiger partial charge on any atom is 0.0512 e. The Hall–Kier alpha value is -0.340. The summed E-state index contributed by atoms with van der Waals surface area (Å²) in [5.74, 6) is 0. The van der Waals surface area contributed by atoms with E-state index >= 15 is 0 Å². The zero-order valence-electron chi connectivity index (χ0n) is 8.54. The van der Waals surface area contributed by atoms with E-state index in [1.807, 2.05) is 6.92 Å². The lowest BCUT2D eigenvalue weighted by Gasteiger charge is -2.04. The second kappa shape index (κ2) is 6.20. The standard InChI is InChI=1S/C12H17BrO/c1-10(14)4-2-3-5-11-6-8-12(13)9-7-11/h6-10,14H,2-5H2,1H3/t10-/m1/s1. The number of hydrogen-bond acceptors (Lipinski definition) is 1. The van der Waals surface area contributed by atoms with Crippen molar-refractivity contribution in [2.45, 2.75) is 38.7 Å². The van der Waals surface area contributed by atoms with E-state index in [0.29, 0.717) is 0 Å². The molecule has 0 aliphatic carbocycles. The van der Waals surface area contributed by atoms with Gasteiger partial charge < -0.3 is 5.11 Å². The molecule has 1 aromatic carbocycles. The molecule has 0 aliphatic heterocycles. The van der Waals surface area contributed by atoms with E-state index in [0.717, 1.165) is 30.2 Å². The molecule has 2 heteroatoms. The highest BCUT2D eigenvalue weighted by Crippen LogP contribution is 2.13. The predicted molar refractivity (Wildman–Crippen MR) is 63.4 cm³/mol. The summed E-state index contributed by atoms with van der Waals surface area (Å²) in [7, 11) is 0. The van der Waals surface area contributed by atoms with Gasteiger partial charge in [-0.2, -0.15) is 0 Å². The van der Waals surface area contributed by atoms with Gasteiger partial charge in [0.05, 0.1) is 6.10 Å². The summed E-state index contributed by atoms with van der Waals surface area (Å²) in [6.07, 6.45) is 4.14. The molecule has 0 aromatic heterocycles. The zero-order chi connectivity index (χ0) is 10.4. The highest BCUT2D eigenvalue weighted by molar-refractivity contribution is 9.10. The average molecular weight is 257 g/mol. The van der Waals surface area contributed by atoms with Gasteiger partial charge in [0.15, 0.2) is 0 Å². The van der Waals surface area contributed by atoms with Crippen molar-refractivity contribution in [1.29, 1.82) is 0 Å². The first-order valence-corrected chi connectivity index (χ1v) is 5.90. The lowest BCUT2D eigenvalue weighted by atomic mass is 10.1. The second-order valence-electron chi connectivity index (χ2n) is 3.72. The highest BCUT2D eigenvalue weighted by Gasteiger charge is 1.97. The van der Waals surface area contributed by atoms with E-state index in [4.69, 9.17) is 5.11 Å². The average Bonchev–Trinajstić information content (AvgIpc) is 2.15. The number of unbranched alkanes of at least 4 members (excludes halogenated alkanes) is 1. The summed E-state index contributed by atoms with van der Waals surface area (Å²) in [5, 5.41) is 9.08. The molecule has 0 fully saturated rings. The van der Waals surface area contributed by atoms with Gasteiger partial charge in [0.2, 0.25) is 0 Å². The summed E-state index contributed by atoms with van der Waals surface area (Å²) in [4.78, 5) is 0. The first-order valence-electron chi connectivity index (χ1n) is 5.11. The molecule has 0 heterocycles. The number of aliphatic hydroxyl groups excluding tert-OH is 1. The van der Waals surface area contributed by atoms with Gasteiger partial charge in [0.1, 0.15) is 0 Å².